The van der Waals surface area contributed by atoms with Crippen LogP contribution in [0.25, 0.3) is 5.69 Å². The number of nitrogens with zero attached hydrogens (tertiary/aromatic N) is 3. The van der Waals surface area contributed by atoms with Crippen LogP contribution < -0.4 is 5.56 Å². The SMILES string of the molecule is Cc1ccccc1-n1[nH]c(C)c(C=Nc2ccc([N+](=O)[O-])cc2O)c1=O. The number of nitrogens with one attached hydrogen (secondary N) is 1. The van der Waals surface area contributed by atoms with E-state index < -0.39 is 4.92 Å². The quantitative estimate of drug-likeness (QED) is 0.426. The van der Waals surface area contributed by atoms with E-state index in [9.17, 15) is 20.0 Å². The molecule has 0 aliphatic carbocycles. The summed E-state index contributed by atoms with van der Waals surface area (Å²) < 4.78 is 1.43. The molecule has 0 amide bonds. The predicted octanol–water partition coefficient (Wildman–Crippen LogP) is 3.15. The molecule has 2 N–H and O–H groups in total. The van der Waals surface area contributed by atoms with Crippen molar-refractivity contribution in [2.45, 2.75) is 13.8 Å². The van der Waals surface area contributed by atoms with Gasteiger partial charge in [-0.1, -0.05) is 18.2 Å². The third-order valence-corrected chi connectivity index (χ3v) is 3.98. The van der Waals surface area contributed by atoms with E-state index in [0.717, 1.165) is 17.3 Å². The topological polar surface area (TPSA) is 114 Å². The second kappa shape index (κ2) is 6.67. The first kappa shape index (κ1) is 17.2. The number of non-ortho nitro benzene ring substituents is 1. The van der Waals surface area contributed by atoms with Crippen LogP contribution >= 0.6 is 0 Å². The molecule has 0 saturated heterocycles. The van der Waals surface area contributed by atoms with Gasteiger partial charge in [-0.15, -0.1) is 0 Å². The van der Waals surface area contributed by atoms with Gasteiger partial charge in [0.1, 0.15) is 11.4 Å². The van der Waals surface area contributed by atoms with Gasteiger partial charge in [-0.25, -0.2) is 4.68 Å². The lowest BCUT2D eigenvalue weighted by Crippen LogP contribution is -2.18. The lowest BCUT2D eigenvalue weighted by Gasteiger charge is -2.04. The first-order chi connectivity index (χ1) is 12.4. The number of phenols is 1. The molecule has 132 valence electrons. The number of aromatic hydroxyl groups is 1. The molecule has 2 aromatic carbocycles. The van der Waals surface area contributed by atoms with Gasteiger partial charge in [0.15, 0.2) is 0 Å². The number of phenolic OH excluding ortho intramolecular Hbond substituents is 1. The van der Waals surface area contributed by atoms with Crippen LogP contribution in [-0.2, 0) is 0 Å². The van der Waals surface area contributed by atoms with Gasteiger partial charge in [-0.05, 0) is 31.5 Å². The fourth-order valence-electron chi connectivity index (χ4n) is 2.56. The number of hydrogen-bond acceptors (Lipinski definition) is 5. The number of aryl methyl sites for hydroxylation is 2. The van der Waals surface area contributed by atoms with Gasteiger partial charge in [0.25, 0.3) is 11.2 Å². The zero-order valence-corrected chi connectivity index (χ0v) is 14.1. The Morgan fingerprint density at radius 1 is 1.23 bits per heavy atom. The van der Waals surface area contributed by atoms with Crippen LogP contribution in [0.4, 0.5) is 11.4 Å². The highest BCUT2D eigenvalue weighted by atomic mass is 16.6. The van der Waals surface area contributed by atoms with Crippen molar-refractivity contribution in [1.29, 1.82) is 0 Å². The maximum Gasteiger partial charge on any atom is 0.280 e. The summed E-state index contributed by atoms with van der Waals surface area (Å²) in [7, 11) is 0. The van der Waals surface area contributed by atoms with Crippen molar-refractivity contribution in [3.63, 3.8) is 0 Å². The van der Waals surface area contributed by atoms with Gasteiger partial charge >= 0.3 is 0 Å². The fourth-order valence-corrected chi connectivity index (χ4v) is 2.56. The minimum atomic E-state index is -0.607. The number of benzene rings is 2. The number of para-hydroxylation sites is 1. The van der Waals surface area contributed by atoms with E-state index in [1.807, 2.05) is 31.2 Å². The third kappa shape index (κ3) is 3.12. The van der Waals surface area contributed by atoms with Crippen LogP contribution in [0.3, 0.4) is 0 Å². The second-order valence-corrected chi connectivity index (χ2v) is 5.77. The molecule has 0 aliphatic heterocycles. The van der Waals surface area contributed by atoms with Crippen LogP contribution in [0.5, 0.6) is 5.75 Å². The zero-order chi connectivity index (χ0) is 18.8. The largest absolute Gasteiger partial charge is 0.505 e. The van der Waals surface area contributed by atoms with Crippen molar-refractivity contribution in [2.75, 3.05) is 0 Å². The van der Waals surface area contributed by atoms with E-state index in [2.05, 4.69) is 10.1 Å². The van der Waals surface area contributed by atoms with E-state index in [1.54, 1.807) is 6.92 Å². The summed E-state index contributed by atoms with van der Waals surface area (Å²) in [5, 5.41) is 23.6. The average molecular weight is 352 g/mol. The number of rotatable bonds is 4. The molecule has 0 unspecified atom stereocenters. The summed E-state index contributed by atoms with van der Waals surface area (Å²) in [6.07, 6.45) is 1.34. The van der Waals surface area contributed by atoms with E-state index >= 15 is 0 Å². The molecule has 0 radical (unpaired) electrons. The first-order valence-electron chi connectivity index (χ1n) is 7.77. The molecule has 0 atom stereocenters. The van der Waals surface area contributed by atoms with Crippen LogP contribution in [0.15, 0.2) is 52.3 Å². The van der Waals surface area contributed by atoms with Crippen LogP contribution in [0, 0.1) is 24.0 Å². The summed E-state index contributed by atoms with van der Waals surface area (Å²) in [6.45, 7) is 3.65. The van der Waals surface area contributed by atoms with E-state index in [4.69, 9.17) is 0 Å². The number of nitro benzene ring substituents is 1. The first-order valence-corrected chi connectivity index (χ1v) is 7.77. The van der Waals surface area contributed by atoms with Crippen LogP contribution in [-0.4, -0.2) is 26.0 Å². The molecule has 0 bridgehead atoms. The molecule has 0 saturated carbocycles. The van der Waals surface area contributed by atoms with Crippen molar-refractivity contribution in [2.24, 2.45) is 4.99 Å². The minimum absolute atomic E-state index is 0.137. The normalized spacial score (nSPS) is 11.2. The van der Waals surface area contributed by atoms with Crippen molar-refractivity contribution in [3.8, 4) is 11.4 Å². The predicted molar refractivity (Wildman–Crippen MR) is 97.9 cm³/mol. The fraction of sp³-hybridized carbons (Fsp3) is 0.111. The third-order valence-electron chi connectivity index (χ3n) is 3.98. The lowest BCUT2D eigenvalue weighted by atomic mass is 10.2. The van der Waals surface area contributed by atoms with Gasteiger partial charge in [0.2, 0.25) is 0 Å². The second-order valence-electron chi connectivity index (χ2n) is 5.77. The molecular formula is C18H16N4O4. The molecule has 8 heteroatoms. The molecule has 8 nitrogen and oxygen atoms in total. The highest BCUT2D eigenvalue weighted by Crippen LogP contribution is 2.30. The Kier molecular flexibility index (Phi) is 4.40. The number of aromatic nitrogens is 2. The number of aromatic amines is 1. The smallest absolute Gasteiger partial charge is 0.280 e. The number of hydrogen-bond donors (Lipinski definition) is 2. The summed E-state index contributed by atoms with van der Waals surface area (Å²) in [4.78, 5) is 26.9. The zero-order valence-electron chi connectivity index (χ0n) is 14.1. The average Bonchev–Trinajstić information content (AvgIpc) is 2.88. The molecule has 26 heavy (non-hydrogen) atoms. The minimum Gasteiger partial charge on any atom is -0.505 e. The number of H-pyrrole nitrogens is 1. The summed E-state index contributed by atoms with van der Waals surface area (Å²) in [5.41, 5.74) is 2.25. The summed E-state index contributed by atoms with van der Waals surface area (Å²) in [6, 6.07) is 11.0. The Balaban J connectivity index is 1.99. The summed E-state index contributed by atoms with van der Waals surface area (Å²) >= 11 is 0. The molecule has 0 fully saturated rings. The van der Waals surface area contributed by atoms with Crippen LogP contribution in [0.2, 0.25) is 0 Å². The number of nitro groups is 1. The van der Waals surface area contributed by atoms with Crippen molar-refractivity contribution in [1.82, 2.24) is 9.78 Å². The van der Waals surface area contributed by atoms with E-state index in [0.29, 0.717) is 11.3 Å². The van der Waals surface area contributed by atoms with Crippen molar-refractivity contribution >= 4 is 17.6 Å². The van der Waals surface area contributed by atoms with Gasteiger partial charge in [-0.2, -0.15) is 0 Å². The molecule has 0 aliphatic rings. The summed E-state index contributed by atoms with van der Waals surface area (Å²) in [5.74, 6) is -0.331. The highest BCUT2D eigenvalue weighted by Gasteiger charge is 2.13. The maximum absolute atomic E-state index is 12.7. The maximum atomic E-state index is 12.7. The molecular weight excluding hydrogens is 336 g/mol. The van der Waals surface area contributed by atoms with E-state index in [-0.39, 0.29) is 22.7 Å². The standard InChI is InChI=1S/C18H16N4O4/c1-11-5-3-4-6-16(11)21-18(24)14(12(2)20-21)10-19-15-8-7-13(22(25)26)9-17(15)23/h3-10,20,23H,1-2H3. The molecule has 1 aromatic heterocycles. The highest BCUT2D eigenvalue weighted by molar-refractivity contribution is 5.83. The molecule has 1 heterocycles. The lowest BCUT2D eigenvalue weighted by molar-refractivity contribution is -0.384. The molecule has 0 spiro atoms. The Morgan fingerprint density at radius 2 is 1.96 bits per heavy atom. The van der Waals surface area contributed by atoms with Crippen molar-refractivity contribution < 1.29 is 10.0 Å². The monoisotopic (exact) mass is 352 g/mol. The van der Waals surface area contributed by atoms with Gasteiger partial charge in [0, 0.05) is 18.0 Å². The Labute approximate surface area is 148 Å². The van der Waals surface area contributed by atoms with Gasteiger partial charge < -0.3 is 5.11 Å². The number of aliphatic imine (C=N–C) groups is 1. The van der Waals surface area contributed by atoms with Gasteiger partial charge in [-0.3, -0.25) is 25.0 Å². The Morgan fingerprint density at radius 3 is 2.62 bits per heavy atom. The Bertz CT molecular complexity index is 1080. The van der Waals surface area contributed by atoms with Gasteiger partial charge in [0.05, 0.1) is 22.2 Å². The van der Waals surface area contributed by atoms with E-state index in [1.165, 1.54) is 23.0 Å². The Hall–Kier alpha value is -3.68. The van der Waals surface area contributed by atoms with Crippen LogP contribution in [0.1, 0.15) is 16.8 Å². The van der Waals surface area contributed by atoms with Crippen molar-refractivity contribution in [3.05, 3.63) is 79.8 Å². The molecule has 3 aromatic rings. The molecule has 3 rings (SSSR count).